The van der Waals surface area contributed by atoms with Crippen molar-refractivity contribution in [2.75, 3.05) is 13.2 Å². The number of aromatic nitrogens is 1. The molecule has 0 bridgehead atoms. The zero-order valence-corrected chi connectivity index (χ0v) is 15.5. The Labute approximate surface area is 163 Å². The fourth-order valence-electron chi connectivity index (χ4n) is 2.65. The molecule has 2 heterocycles. The molecule has 4 aromatic rings. The Bertz CT molecular complexity index is 1210. The molecule has 2 aromatic heterocycles. The molecule has 0 amide bonds. The third kappa shape index (κ3) is 3.65. The van der Waals surface area contributed by atoms with Crippen molar-refractivity contribution in [2.45, 2.75) is 0 Å². The molecule has 0 unspecified atom stereocenters. The summed E-state index contributed by atoms with van der Waals surface area (Å²) in [5.41, 5.74) is 1.14. The van der Waals surface area contributed by atoms with Gasteiger partial charge in [0, 0.05) is 11.5 Å². The zero-order chi connectivity index (χ0) is 19.5. The van der Waals surface area contributed by atoms with E-state index in [1.54, 1.807) is 24.3 Å². The second-order valence-corrected chi connectivity index (χ2v) is 6.92. The summed E-state index contributed by atoms with van der Waals surface area (Å²) in [7, 11) is 0. The van der Waals surface area contributed by atoms with Crippen LogP contribution in [0.25, 0.3) is 31.8 Å². The van der Waals surface area contributed by atoms with Gasteiger partial charge in [0.2, 0.25) is 0 Å². The highest BCUT2D eigenvalue weighted by Crippen LogP contribution is 2.30. The van der Waals surface area contributed by atoms with Crippen molar-refractivity contribution in [3.63, 3.8) is 0 Å². The molecule has 0 saturated carbocycles. The van der Waals surface area contributed by atoms with E-state index in [1.807, 2.05) is 24.3 Å². The van der Waals surface area contributed by atoms with E-state index in [9.17, 15) is 9.59 Å². The predicted octanol–water partition coefficient (Wildman–Crippen LogP) is 4.18. The van der Waals surface area contributed by atoms with Crippen molar-refractivity contribution >= 4 is 38.5 Å². The monoisotopic (exact) mass is 393 g/mol. The number of rotatable bonds is 6. The van der Waals surface area contributed by atoms with Gasteiger partial charge in [-0.05, 0) is 30.3 Å². The maximum absolute atomic E-state index is 12.5. The minimum absolute atomic E-state index is 0.128. The molecule has 0 atom stereocenters. The summed E-state index contributed by atoms with van der Waals surface area (Å²) in [4.78, 5) is 28.5. The molecule has 7 heteroatoms. The van der Waals surface area contributed by atoms with Crippen LogP contribution in [0.5, 0.6) is 5.75 Å². The van der Waals surface area contributed by atoms with Gasteiger partial charge in [-0.3, -0.25) is 0 Å². The summed E-state index contributed by atoms with van der Waals surface area (Å²) in [6, 6.07) is 14.5. The second-order valence-electron chi connectivity index (χ2n) is 5.89. The number of nitrogens with zero attached hydrogens (tertiary/aromatic N) is 1. The smallest absolute Gasteiger partial charge is 0.346 e. The Kier molecular flexibility index (Phi) is 4.90. The fraction of sp³-hybridized carbons (Fsp3) is 0.0952. The van der Waals surface area contributed by atoms with E-state index < -0.39 is 11.6 Å². The average molecular weight is 393 g/mol. The molecule has 0 aliphatic heterocycles. The molecular weight excluding hydrogens is 378 g/mol. The van der Waals surface area contributed by atoms with Gasteiger partial charge in [-0.25, -0.2) is 14.6 Å². The van der Waals surface area contributed by atoms with Crippen molar-refractivity contribution in [1.29, 1.82) is 0 Å². The number of para-hydroxylation sites is 1. The first-order valence-electron chi connectivity index (χ1n) is 8.47. The summed E-state index contributed by atoms with van der Waals surface area (Å²) in [6.07, 6.45) is 1.48. The molecule has 2 aromatic carbocycles. The summed E-state index contributed by atoms with van der Waals surface area (Å²) in [6.45, 7) is 3.36. The largest absolute Gasteiger partial charge is 0.482 e. The Morgan fingerprint density at radius 1 is 1.21 bits per heavy atom. The van der Waals surface area contributed by atoms with E-state index in [0.29, 0.717) is 21.9 Å². The fourth-order valence-corrected chi connectivity index (χ4v) is 3.62. The molecule has 0 saturated heterocycles. The van der Waals surface area contributed by atoms with Crippen molar-refractivity contribution in [2.24, 2.45) is 0 Å². The topological polar surface area (TPSA) is 78.6 Å². The molecule has 0 aliphatic carbocycles. The van der Waals surface area contributed by atoms with Crippen LogP contribution in [-0.2, 0) is 9.53 Å². The van der Waals surface area contributed by atoms with Gasteiger partial charge in [0.1, 0.15) is 22.9 Å². The summed E-state index contributed by atoms with van der Waals surface area (Å²) < 4.78 is 16.7. The molecule has 6 nitrogen and oxygen atoms in total. The van der Waals surface area contributed by atoms with E-state index >= 15 is 0 Å². The zero-order valence-electron chi connectivity index (χ0n) is 14.7. The summed E-state index contributed by atoms with van der Waals surface area (Å²) in [5, 5.41) is 1.34. The van der Waals surface area contributed by atoms with Gasteiger partial charge in [-0.1, -0.05) is 24.8 Å². The standard InChI is InChI=1S/C21H15NO5S/c1-2-9-25-19(23)12-26-14-8-7-13-10-15(21(24)27-17(13)11-14)20-22-16-5-3-4-6-18(16)28-20/h2-8,10-11H,1,9,12H2. The molecule has 0 fully saturated rings. The van der Waals surface area contributed by atoms with Crippen LogP contribution in [0.4, 0.5) is 0 Å². The highest BCUT2D eigenvalue weighted by atomic mass is 32.1. The van der Waals surface area contributed by atoms with Crippen LogP contribution in [-0.4, -0.2) is 24.2 Å². The van der Waals surface area contributed by atoms with Crippen molar-refractivity contribution in [1.82, 2.24) is 4.98 Å². The van der Waals surface area contributed by atoms with Gasteiger partial charge in [-0.15, -0.1) is 11.3 Å². The van der Waals surface area contributed by atoms with Gasteiger partial charge in [0.15, 0.2) is 6.61 Å². The number of fused-ring (bicyclic) bond motifs is 2. The van der Waals surface area contributed by atoms with Crippen molar-refractivity contribution in [3.8, 4) is 16.3 Å². The van der Waals surface area contributed by atoms with Gasteiger partial charge < -0.3 is 13.9 Å². The minimum Gasteiger partial charge on any atom is -0.482 e. The quantitative estimate of drug-likeness (QED) is 0.278. The first-order valence-corrected chi connectivity index (χ1v) is 9.29. The number of esters is 1. The highest BCUT2D eigenvalue weighted by molar-refractivity contribution is 7.21. The van der Waals surface area contributed by atoms with Crippen LogP contribution in [0.15, 0.2) is 70.4 Å². The number of carbonyl (C=O) groups excluding carboxylic acids is 1. The van der Waals surface area contributed by atoms with Gasteiger partial charge in [-0.2, -0.15) is 0 Å². The van der Waals surface area contributed by atoms with E-state index in [-0.39, 0.29) is 13.2 Å². The van der Waals surface area contributed by atoms with Crippen LogP contribution in [0.2, 0.25) is 0 Å². The maximum atomic E-state index is 12.5. The normalized spacial score (nSPS) is 10.9. The van der Waals surface area contributed by atoms with Crippen LogP contribution in [0.3, 0.4) is 0 Å². The molecule has 140 valence electrons. The predicted molar refractivity (Wildman–Crippen MR) is 108 cm³/mol. The SMILES string of the molecule is C=CCOC(=O)COc1ccc2cc(-c3nc4ccccc4s3)c(=O)oc2c1. The molecule has 0 N–H and O–H groups in total. The van der Waals surface area contributed by atoms with E-state index in [2.05, 4.69) is 11.6 Å². The molecular formula is C21H15NO5S. The van der Waals surface area contributed by atoms with Gasteiger partial charge in [0.05, 0.1) is 15.8 Å². The Hall–Kier alpha value is -3.45. The average Bonchev–Trinajstić information content (AvgIpc) is 3.14. The highest BCUT2D eigenvalue weighted by Gasteiger charge is 2.13. The van der Waals surface area contributed by atoms with Gasteiger partial charge in [0.25, 0.3) is 0 Å². The molecule has 28 heavy (non-hydrogen) atoms. The van der Waals surface area contributed by atoms with Crippen LogP contribution >= 0.6 is 11.3 Å². The number of carbonyl (C=O) groups is 1. The molecule has 0 radical (unpaired) electrons. The summed E-state index contributed by atoms with van der Waals surface area (Å²) >= 11 is 1.44. The third-order valence-electron chi connectivity index (χ3n) is 3.95. The number of ether oxygens (including phenoxy) is 2. The first kappa shape index (κ1) is 17.9. The third-order valence-corrected chi connectivity index (χ3v) is 5.02. The van der Waals surface area contributed by atoms with Crippen LogP contribution in [0.1, 0.15) is 0 Å². The summed E-state index contributed by atoms with van der Waals surface area (Å²) in [5.74, 6) is -0.105. The Morgan fingerprint density at radius 2 is 2.07 bits per heavy atom. The maximum Gasteiger partial charge on any atom is 0.346 e. The van der Waals surface area contributed by atoms with Gasteiger partial charge >= 0.3 is 11.6 Å². The minimum atomic E-state index is -0.507. The van der Waals surface area contributed by atoms with Crippen LogP contribution in [0, 0.1) is 0 Å². The number of hydrogen-bond acceptors (Lipinski definition) is 7. The van der Waals surface area contributed by atoms with Crippen LogP contribution < -0.4 is 10.4 Å². The Balaban J connectivity index is 1.61. The first-order chi connectivity index (χ1) is 13.6. The lowest BCUT2D eigenvalue weighted by Crippen LogP contribution is -2.14. The molecule has 0 spiro atoms. The van der Waals surface area contributed by atoms with E-state index in [1.165, 1.54) is 17.4 Å². The van der Waals surface area contributed by atoms with E-state index in [0.717, 1.165) is 15.6 Å². The lowest BCUT2D eigenvalue weighted by Gasteiger charge is -2.07. The molecule has 4 rings (SSSR count). The lowest BCUT2D eigenvalue weighted by atomic mass is 10.2. The lowest BCUT2D eigenvalue weighted by molar-refractivity contribution is -0.144. The molecule has 0 aliphatic rings. The second kappa shape index (κ2) is 7.66. The number of thiazole rings is 1. The van der Waals surface area contributed by atoms with Crippen molar-refractivity contribution in [3.05, 3.63) is 71.6 Å². The van der Waals surface area contributed by atoms with E-state index in [4.69, 9.17) is 13.9 Å². The number of benzene rings is 2. The Morgan fingerprint density at radius 3 is 2.89 bits per heavy atom. The number of hydrogen-bond donors (Lipinski definition) is 0. The van der Waals surface area contributed by atoms with Crippen molar-refractivity contribution < 1.29 is 18.7 Å².